The molecule has 0 radical (unpaired) electrons. The number of aliphatic hydroxyl groups is 5. The molecule has 9 N–H and O–H groups in total. The molecule has 5 aliphatic heterocycles. The van der Waals surface area contributed by atoms with Crippen molar-refractivity contribution < 1.29 is 80.6 Å². The maximum Gasteiger partial charge on any atom is 0.351 e. The third-order valence-electron chi connectivity index (χ3n) is 21.0. The van der Waals surface area contributed by atoms with E-state index in [0.29, 0.717) is 19.3 Å². The van der Waals surface area contributed by atoms with Gasteiger partial charge in [-0.25, -0.2) is 55.1 Å². The Morgan fingerprint density at radius 1 is 0.451 bits per heavy atom. The lowest BCUT2D eigenvalue weighted by atomic mass is 9.86. The summed E-state index contributed by atoms with van der Waals surface area (Å²) in [6.45, 7) is 4.79. The number of H-pyrrole nitrogens is 2. The van der Waals surface area contributed by atoms with E-state index in [9.17, 15) is 85.5 Å². The molecule has 0 amide bonds. The zero-order valence-corrected chi connectivity index (χ0v) is 65.0. The van der Waals surface area contributed by atoms with Crippen LogP contribution in [-0.2, 0) is 59.8 Å². The maximum absolute atomic E-state index is 13.7. The van der Waals surface area contributed by atoms with Crippen LogP contribution in [0.2, 0.25) is 0 Å². The number of anilines is 1. The Kier molecular flexibility index (Phi) is 31.5. The molecule has 0 bridgehead atoms. The lowest BCUT2D eigenvalue weighted by Crippen LogP contribution is -2.47. The third-order valence-corrected chi connectivity index (χ3v) is 23.1. The van der Waals surface area contributed by atoms with Gasteiger partial charge in [-0.1, -0.05) is 102 Å². The molecule has 0 aliphatic carbocycles. The molecular formula is C72H90Cl4F5N11O21. The normalized spacial score (nSPS) is 31.0. The van der Waals surface area contributed by atoms with E-state index in [1.165, 1.54) is 58.2 Å². The highest BCUT2D eigenvalue weighted by Crippen LogP contribution is 2.49. The fourth-order valence-electron chi connectivity index (χ4n) is 13.3. The number of aliphatic hydroxyl groups excluding tert-OH is 5. The van der Waals surface area contributed by atoms with Gasteiger partial charge in [-0.2, -0.15) is 4.98 Å². The summed E-state index contributed by atoms with van der Waals surface area (Å²) in [7, 11) is 0. The Bertz CT molecular complexity index is 4600. The van der Waals surface area contributed by atoms with Gasteiger partial charge in [-0.05, 0) is 36.5 Å². The first kappa shape index (κ1) is 90.7. The van der Waals surface area contributed by atoms with Gasteiger partial charge >= 0.3 is 28.4 Å². The van der Waals surface area contributed by atoms with Gasteiger partial charge in [-0.3, -0.25) is 52.0 Å². The van der Waals surface area contributed by atoms with Crippen LogP contribution >= 0.6 is 46.4 Å². The molecule has 5 saturated heterocycles. The number of nitrogens with two attached hydrogens (primary N) is 1. The minimum atomic E-state index is -1.87. The number of aromatic amines is 2. The number of rotatable bonds is 23. The number of aromatic nitrogens is 10. The molecule has 41 heteroatoms. The van der Waals surface area contributed by atoms with Crippen molar-refractivity contribution in [3.8, 4) is 0 Å². The second kappa shape index (κ2) is 39.2. The third kappa shape index (κ3) is 19.2. The van der Waals surface area contributed by atoms with Crippen LogP contribution in [0.15, 0.2) is 165 Å². The van der Waals surface area contributed by atoms with E-state index in [0.717, 1.165) is 46.2 Å². The molecule has 622 valence electrons. The van der Waals surface area contributed by atoms with E-state index in [1.807, 2.05) is 86.4 Å². The van der Waals surface area contributed by atoms with Crippen LogP contribution in [0.4, 0.5) is 27.8 Å². The van der Waals surface area contributed by atoms with Gasteiger partial charge < -0.3 is 64.4 Å². The molecule has 0 saturated carbocycles. The highest BCUT2D eigenvalue weighted by molar-refractivity contribution is 6.22. The predicted octanol–water partition coefficient (Wildman–Crippen LogP) is 4.09. The first-order valence-corrected chi connectivity index (χ1v) is 37.3. The smallest absolute Gasteiger partial charge is 0.351 e. The number of ether oxygens (including phenoxy) is 7. The van der Waals surface area contributed by atoms with Crippen molar-refractivity contribution in [2.75, 3.05) is 52.3 Å². The Morgan fingerprint density at radius 2 is 0.779 bits per heavy atom. The first-order chi connectivity index (χ1) is 53.7. The van der Waals surface area contributed by atoms with E-state index in [4.69, 9.17) is 90.4 Å². The van der Waals surface area contributed by atoms with Crippen molar-refractivity contribution >= 4 is 52.2 Å². The minimum Gasteiger partial charge on any atom is -0.393 e. The number of nitrogens with one attached hydrogen (secondary N) is 2. The summed E-state index contributed by atoms with van der Waals surface area (Å²) in [5, 5.41) is 45.2. The Hall–Kier alpha value is -7.83. The lowest BCUT2D eigenvalue weighted by molar-refractivity contribution is -0.137. The van der Waals surface area contributed by atoms with Crippen LogP contribution in [-0.4, -0.2) is 187 Å². The molecule has 5 aromatic heterocycles. The van der Waals surface area contributed by atoms with Gasteiger partial charge in [0.25, 0.3) is 22.2 Å². The summed E-state index contributed by atoms with van der Waals surface area (Å²) < 4.78 is 113. The number of halogens is 9. The van der Waals surface area contributed by atoms with Crippen LogP contribution in [0.5, 0.6) is 0 Å². The summed E-state index contributed by atoms with van der Waals surface area (Å²) in [5.41, 5.74) is -5.25. The Labute approximate surface area is 660 Å². The van der Waals surface area contributed by atoms with Gasteiger partial charge in [0, 0.05) is 73.0 Å². The van der Waals surface area contributed by atoms with Gasteiger partial charge in [0.05, 0.1) is 37.2 Å². The molecule has 113 heavy (non-hydrogen) atoms. The van der Waals surface area contributed by atoms with E-state index >= 15 is 0 Å². The minimum absolute atomic E-state index is 0.0184. The number of nitrogen functional groups attached to an aromatic ring is 1. The molecule has 5 fully saturated rings. The monoisotopic (exact) mass is 1680 g/mol. The lowest BCUT2D eigenvalue weighted by Gasteiger charge is -2.28. The average Bonchev–Trinajstić information content (AvgIpc) is 1.64. The number of nitrogens with zero attached hydrogens (tertiary/aromatic N) is 8. The summed E-state index contributed by atoms with van der Waals surface area (Å²) >= 11 is 24.6. The molecule has 0 unspecified atom stereocenters. The van der Waals surface area contributed by atoms with E-state index in [-0.39, 0.29) is 44.3 Å². The summed E-state index contributed by atoms with van der Waals surface area (Å²) in [6.07, 6.45) is -1.50. The molecule has 2 aromatic carbocycles. The number of benzene rings is 2. The Morgan fingerprint density at radius 3 is 1.12 bits per heavy atom. The zero-order valence-electron chi connectivity index (χ0n) is 61.9. The fraction of sp³-hybridized carbons (Fsp3) is 0.556. The van der Waals surface area contributed by atoms with Crippen LogP contribution in [0, 0.1) is 17.8 Å². The van der Waals surface area contributed by atoms with Crippen LogP contribution < -0.4 is 56.4 Å². The molecule has 10 heterocycles. The first-order valence-electron chi connectivity index (χ1n) is 35.6. The number of alkyl halides is 9. The Balaban J connectivity index is 0.000000179. The highest BCUT2D eigenvalue weighted by Gasteiger charge is 2.58. The van der Waals surface area contributed by atoms with Crippen molar-refractivity contribution in [2.45, 2.75) is 186 Å². The number of hydrogen-bond donors (Lipinski definition) is 8. The molecule has 32 nitrogen and oxygen atoms in total. The van der Waals surface area contributed by atoms with Crippen molar-refractivity contribution in [1.82, 2.24) is 46.9 Å². The molecule has 7 aromatic rings. The predicted molar refractivity (Wildman–Crippen MR) is 401 cm³/mol. The van der Waals surface area contributed by atoms with Crippen molar-refractivity contribution in [1.29, 1.82) is 0 Å². The fourth-order valence-corrected chi connectivity index (χ4v) is 14.9. The average molecular weight is 1680 g/mol. The zero-order chi connectivity index (χ0) is 83.2. The van der Waals surface area contributed by atoms with E-state index in [1.54, 1.807) is 20.8 Å². The van der Waals surface area contributed by atoms with E-state index < -0.39 is 202 Å². The topological polar surface area (TPSA) is 424 Å². The van der Waals surface area contributed by atoms with Crippen LogP contribution in [0.3, 0.4) is 0 Å². The van der Waals surface area contributed by atoms with Crippen LogP contribution in [0.25, 0.3) is 0 Å². The molecule has 20 atom stereocenters. The maximum atomic E-state index is 13.7. The van der Waals surface area contributed by atoms with Crippen LogP contribution in [0.1, 0.15) is 103 Å². The molecule has 12 rings (SSSR count). The molecular weight excluding hydrogens is 1590 g/mol. The second-order valence-corrected chi connectivity index (χ2v) is 29.5. The van der Waals surface area contributed by atoms with Gasteiger partial charge in [0.15, 0.2) is 31.1 Å². The summed E-state index contributed by atoms with van der Waals surface area (Å²) in [6, 6.07) is 24.9. The summed E-state index contributed by atoms with van der Waals surface area (Å²) in [5.74, 6) is -1.03. The van der Waals surface area contributed by atoms with Crippen molar-refractivity contribution in [3.63, 3.8) is 0 Å². The largest absolute Gasteiger partial charge is 0.393 e. The molecule has 5 aliphatic rings. The van der Waals surface area contributed by atoms with Crippen molar-refractivity contribution in [2.24, 2.45) is 17.8 Å². The molecule has 0 spiro atoms. The van der Waals surface area contributed by atoms with Crippen molar-refractivity contribution in [3.05, 3.63) is 227 Å². The van der Waals surface area contributed by atoms with Gasteiger partial charge in [-0.15, -0.1) is 46.4 Å². The standard InChI is InChI=1S/C20H24ClFN2O4.C20H25FN2O5.C12H16ClFN2O3.C10H13ClFN3O4.C10H12ClFN2O5/c1-3-20(12-22)14(2)17(21)18(28-20)23-10-9-16(25)24(19(23)26)13-27-11-15-7-5-4-6-8-15;1-3-20(12-21)14(2)17(25)18(28-20)22-10-9-16(24)23(19(22)26)13-27-11-15-7-5-4-6-8-15;1-3-12(6-14)7(2)9(13)10(19-12)16-5-4-8(17)15-11(16)18;11-6-7(17)10(3-12,4-16)19-8(6)15-2-1-5(13)14-9(15)18;11-6-7(17)10(3-12,4-15)19-8(6)14-2-1-5(16)13-9(14)18/h4-10,14,17-18H,3,11-13H2,1-2H3;4-10,14,17-18,25H,3,11-13H2,1-2H3;4-5,7,9-10H,3,6H2,1-2H3,(H,15,17,18);1-2,6-8,16-17H,3-4H2,(H2,13,14,18);1-2,6-8,15,17H,3-4H2,(H,13,16,18)/t14-,17-,18+,20-;14-,17+,18+,20-;7-,9-,10+,12-;2*6-,7-,8+,10+/m00000/s1. The quantitative estimate of drug-likeness (QED) is 0.0330. The highest BCUT2D eigenvalue weighted by atomic mass is 35.5. The van der Waals surface area contributed by atoms with E-state index in [2.05, 4.69) is 9.97 Å². The van der Waals surface area contributed by atoms with Gasteiger partial charge in [0.2, 0.25) is 0 Å². The summed E-state index contributed by atoms with van der Waals surface area (Å²) in [4.78, 5) is 115. The SMILES string of the molecule is CC[C@@]1(CF)O[C@@H](n2ccc(=O)[nH]c2=O)[C@@H](Cl)[C@@H]1C.CC[C@@]1(CF)O[C@@H](n2ccc(=O)n(COCc3ccccc3)c2=O)[C@@H](Cl)[C@@H]1C.CC[C@@]1(CF)O[C@@H](n2ccc(=O)n(COCc3ccccc3)c2=O)[C@H](O)[C@@H]1C.Nc1ccn([C@@H]2O[C@@](CO)(CF)[C@@H](O)[C@@H]2Cl)c(=O)n1.O=c1ccn([C@@H]2O[C@@](CO)(CF)[C@@H](O)[C@@H]2Cl)c(=O)[nH]1. The number of hydrogen-bond acceptors (Lipinski definition) is 23. The van der Waals surface area contributed by atoms with Gasteiger partial charge in [0.1, 0.15) is 110 Å². The second-order valence-electron chi connectivity index (χ2n) is 27.5.